The summed E-state index contributed by atoms with van der Waals surface area (Å²) >= 11 is 1.24. The van der Waals surface area contributed by atoms with Gasteiger partial charge in [-0.3, -0.25) is 4.79 Å². The molecule has 1 aromatic rings. The number of nitriles is 1. The van der Waals surface area contributed by atoms with E-state index in [9.17, 15) is 4.79 Å². The van der Waals surface area contributed by atoms with Crippen molar-refractivity contribution in [2.45, 2.75) is 19.4 Å². The van der Waals surface area contributed by atoms with Crippen LogP contribution in [0.15, 0.2) is 11.4 Å². The van der Waals surface area contributed by atoms with E-state index in [-0.39, 0.29) is 5.91 Å². The molecule has 80 valence electrons. The first-order valence-corrected chi connectivity index (χ1v) is 5.47. The van der Waals surface area contributed by atoms with Gasteiger partial charge in [0.15, 0.2) is 0 Å². The van der Waals surface area contributed by atoms with Crippen molar-refractivity contribution in [3.63, 3.8) is 0 Å². The normalized spacial score (nSPS) is 11.8. The predicted octanol–water partition coefficient (Wildman–Crippen LogP) is 1.12. The van der Waals surface area contributed by atoms with Gasteiger partial charge < -0.3 is 10.4 Å². The van der Waals surface area contributed by atoms with Crippen molar-refractivity contribution in [3.8, 4) is 6.07 Å². The minimum atomic E-state index is -0.427. The molecule has 0 aromatic carbocycles. The summed E-state index contributed by atoms with van der Waals surface area (Å²) in [5, 5.41) is 22.1. The number of nitrogens with one attached hydrogen (secondary N) is 1. The number of amides is 1. The molecule has 1 heterocycles. The van der Waals surface area contributed by atoms with Crippen LogP contribution in [-0.2, 0) is 0 Å². The Morgan fingerprint density at radius 1 is 1.80 bits per heavy atom. The number of aliphatic hydroxyl groups is 1. The third-order valence-corrected chi connectivity index (χ3v) is 2.75. The molecular weight excluding hydrogens is 212 g/mol. The summed E-state index contributed by atoms with van der Waals surface area (Å²) in [6.07, 6.45) is 0.0861. The molecule has 4 nitrogen and oxygen atoms in total. The molecule has 0 aliphatic rings. The van der Waals surface area contributed by atoms with Crippen LogP contribution in [0.3, 0.4) is 0 Å². The van der Waals surface area contributed by atoms with Crippen molar-refractivity contribution in [2.75, 3.05) is 6.54 Å². The molecule has 5 heteroatoms. The topological polar surface area (TPSA) is 73.1 Å². The van der Waals surface area contributed by atoms with Crippen molar-refractivity contribution in [2.24, 2.45) is 0 Å². The zero-order valence-electron chi connectivity index (χ0n) is 8.36. The number of hydrogen-bond acceptors (Lipinski definition) is 4. The molecule has 1 amide bonds. The Kier molecular flexibility index (Phi) is 4.28. The van der Waals surface area contributed by atoms with Crippen LogP contribution in [0.4, 0.5) is 0 Å². The van der Waals surface area contributed by atoms with Crippen LogP contribution < -0.4 is 5.32 Å². The average Bonchev–Trinajstić information content (AvgIpc) is 2.64. The molecular formula is C10H12N2O2S. The summed E-state index contributed by atoms with van der Waals surface area (Å²) in [5.74, 6) is -0.248. The molecule has 1 rings (SSSR count). The standard InChI is InChI=1S/C10H12N2O2S/c1-7(13)2-4-12-10(14)9-8(6-11)3-5-15-9/h3,5,7,13H,2,4H2,1H3,(H,12,14). The van der Waals surface area contributed by atoms with Gasteiger partial charge in [-0.25, -0.2) is 0 Å². The maximum absolute atomic E-state index is 11.5. The molecule has 0 saturated heterocycles. The SMILES string of the molecule is CC(O)CCNC(=O)c1sccc1C#N. The maximum atomic E-state index is 11.5. The summed E-state index contributed by atoms with van der Waals surface area (Å²) in [5.41, 5.74) is 0.398. The van der Waals surface area contributed by atoms with E-state index in [0.717, 1.165) is 0 Å². The van der Waals surface area contributed by atoms with Gasteiger partial charge in [-0.05, 0) is 24.8 Å². The summed E-state index contributed by atoms with van der Waals surface area (Å²) in [6.45, 7) is 2.08. The highest BCUT2D eigenvalue weighted by atomic mass is 32.1. The lowest BCUT2D eigenvalue weighted by Crippen LogP contribution is -2.26. The Labute approximate surface area is 92.2 Å². The molecule has 0 aliphatic heterocycles. The largest absolute Gasteiger partial charge is 0.393 e. The van der Waals surface area contributed by atoms with Crippen molar-refractivity contribution in [1.82, 2.24) is 5.32 Å². The van der Waals surface area contributed by atoms with Crippen molar-refractivity contribution >= 4 is 17.2 Å². The number of nitrogens with zero attached hydrogens (tertiary/aromatic N) is 1. The zero-order chi connectivity index (χ0) is 11.3. The van der Waals surface area contributed by atoms with Crippen LogP contribution in [0.5, 0.6) is 0 Å². The Morgan fingerprint density at radius 3 is 3.13 bits per heavy atom. The fourth-order valence-corrected chi connectivity index (χ4v) is 1.81. The Hall–Kier alpha value is -1.38. The first-order valence-electron chi connectivity index (χ1n) is 4.59. The van der Waals surface area contributed by atoms with E-state index < -0.39 is 6.10 Å². The van der Waals surface area contributed by atoms with E-state index in [4.69, 9.17) is 10.4 Å². The molecule has 0 spiro atoms. The van der Waals surface area contributed by atoms with Crippen LogP contribution in [0.2, 0.25) is 0 Å². The highest BCUT2D eigenvalue weighted by molar-refractivity contribution is 7.12. The van der Waals surface area contributed by atoms with E-state index in [1.165, 1.54) is 11.3 Å². The summed E-state index contributed by atoms with van der Waals surface area (Å²) < 4.78 is 0. The maximum Gasteiger partial charge on any atom is 0.262 e. The zero-order valence-corrected chi connectivity index (χ0v) is 9.17. The third-order valence-electron chi connectivity index (χ3n) is 1.84. The van der Waals surface area contributed by atoms with Crippen molar-refractivity contribution in [1.29, 1.82) is 5.26 Å². The average molecular weight is 224 g/mol. The van der Waals surface area contributed by atoms with E-state index >= 15 is 0 Å². The molecule has 1 atom stereocenters. The van der Waals surface area contributed by atoms with Gasteiger partial charge in [0.1, 0.15) is 10.9 Å². The number of rotatable bonds is 4. The minimum absolute atomic E-state index is 0.248. The molecule has 0 fully saturated rings. The van der Waals surface area contributed by atoms with Crippen LogP contribution in [0.25, 0.3) is 0 Å². The summed E-state index contributed by atoms with van der Waals surface area (Å²) in [7, 11) is 0. The molecule has 2 N–H and O–H groups in total. The van der Waals surface area contributed by atoms with Crippen molar-refractivity contribution < 1.29 is 9.90 Å². The summed E-state index contributed by atoms with van der Waals surface area (Å²) in [4.78, 5) is 12.0. The molecule has 0 radical (unpaired) electrons. The van der Waals surface area contributed by atoms with Gasteiger partial charge in [-0.2, -0.15) is 5.26 Å². The van der Waals surface area contributed by atoms with Gasteiger partial charge in [0.05, 0.1) is 11.7 Å². The number of aliphatic hydroxyl groups excluding tert-OH is 1. The number of carbonyl (C=O) groups excluding carboxylic acids is 1. The van der Waals surface area contributed by atoms with E-state index in [2.05, 4.69) is 5.32 Å². The van der Waals surface area contributed by atoms with Gasteiger partial charge in [-0.1, -0.05) is 0 Å². The predicted molar refractivity (Wildman–Crippen MR) is 57.7 cm³/mol. The number of thiophene rings is 1. The van der Waals surface area contributed by atoms with Gasteiger partial charge >= 0.3 is 0 Å². The second-order valence-electron chi connectivity index (χ2n) is 3.17. The quantitative estimate of drug-likeness (QED) is 0.805. The molecule has 1 unspecified atom stereocenters. The molecule has 0 bridgehead atoms. The monoisotopic (exact) mass is 224 g/mol. The molecule has 15 heavy (non-hydrogen) atoms. The highest BCUT2D eigenvalue weighted by Gasteiger charge is 2.12. The van der Waals surface area contributed by atoms with Crippen LogP contribution >= 0.6 is 11.3 Å². The first-order chi connectivity index (χ1) is 7.15. The first kappa shape index (κ1) is 11.7. The Balaban J connectivity index is 2.51. The van der Waals surface area contributed by atoms with Crippen LogP contribution in [-0.4, -0.2) is 23.7 Å². The Bertz CT molecular complexity index is 379. The van der Waals surface area contributed by atoms with Crippen LogP contribution in [0.1, 0.15) is 28.6 Å². The van der Waals surface area contributed by atoms with E-state index in [0.29, 0.717) is 23.4 Å². The molecule has 1 aromatic heterocycles. The van der Waals surface area contributed by atoms with Crippen molar-refractivity contribution in [3.05, 3.63) is 21.9 Å². The molecule has 0 aliphatic carbocycles. The van der Waals surface area contributed by atoms with Crippen LogP contribution in [0, 0.1) is 11.3 Å². The summed E-state index contributed by atoms with van der Waals surface area (Å²) in [6, 6.07) is 3.58. The second kappa shape index (κ2) is 5.49. The fraction of sp³-hybridized carbons (Fsp3) is 0.400. The lowest BCUT2D eigenvalue weighted by molar-refractivity contribution is 0.0949. The second-order valence-corrected chi connectivity index (χ2v) is 4.08. The number of hydrogen-bond donors (Lipinski definition) is 2. The van der Waals surface area contributed by atoms with Gasteiger partial charge in [0, 0.05) is 6.54 Å². The lowest BCUT2D eigenvalue weighted by atomic mass is 10.2. The van der Waals surface area contributed by atoms with E-state index in [1.54, 1.807) is 18.4 Å². The van der Waals surface area contributed by atoms with Gasteiger partial charge in [0.2, 0.25) is 0 Å². The fourth-order valence-electron chi connectivity index (χ4n) is 1.05. The molecule has 0 saturated carbocycles. The van der Waals surface area contributed by atoms with Gasteiger partial charge in [0.25, 0.3) is 5.91 Å². The van der Waals surface area contributed by atoms with E-state index in [1.807, 2.05) is 6.07 Å². The Morgan fingerprint density at radius 2 is 2.53 bits per heavy atom. The minimum Gasteiger partial charge on any atom is -0.393 e. The van der Waals surface area contributed by atoms with Gasteiger partial charge in [-0.15, -0.1) is 11.3 Å². The smallest absolute Gasteiger partial charge is 0.262 e. The highest BCUT2D eigenvalue weighted by Crippen LogP contribution is 2.15. The lowest BCUT2D eigenvalue weighted by Gasteiger charge is -2.05. The third kappa shape index (κ3) is 3.35. The number of carbonyl (C=O) groups is 1.